The molecule has 2 amide bonds. The van der Waals surface area contributed by atoms with Crippen LogP contribution in [-0.2, 0) is 22.4 Å². The molecule has 0 N–H and O–H groups in total. The van der Waals surface area contributed by atoms with E-state index in [1.807, 2.05) is 36.5 Å². The van der Waals surface area contributed by atoms with Crippen molar-refractivity contribution in [3.05, 3.63) is 83.7 Å². The van der Waals surface area contributed by atoms with Crippen LogP contribution in [0.3, 0.4) is 0 Å². The van der Waals surface area contributed by atoms with Crippen LogP contribution in [0.1, 0.15) is 47.2 Å². The lowest BCUT2D eigenvalue weighted by molar-refractivity contribution is -0.128. The van der Waals surface area contributed by atoms with E-state index in [9.17, 15) is 14.4 Å². The fourth-order valence-electron chi connectivity index (χ4n) is 5.43. The molecule has 0 bridgehead atoms. The molecule has 2 aromatic carbocycles. The minimum Gasteiger partial charge on any atom is -0.493 e. The Kier molecular flexibility index (Phi) is 12.0. The number of aromatic nitrogens is 1. The first-order chi connectivity index (χ1) is 21.4. The number of carbonyl (C=O) groups is 3. The van der Waals surface area contributed by atoms with Crippen LogP contribution >= 0.6 is 0 Å². The largest absolute Gasteiger partial charge is 0.493 e. The molecule has 0 aliphatic carbocycles. The van der Waals surface area contributed by atoms with Crippen LogP contribution < -0.4 is 14.2 Å². The third-order valence-electron chi connectivity index (χ3n) is 7.77. The van der Waals surface area contributed by atoms with Gasteiger partial charge in [-0.1, -0.05) is 36.4 Å². The quantitative estimate of drug-likeness (QED) is 0.177. The van der Waals surface area contributed by atoms with Crippen molar-refractivity contribution in [2.75, 3.05) is 47.6 Å². The number of benzene rings is 2. The van der Waals surface area contributed by atoms with Gasteiger partial charge < -0.3 is 28.7 Å². The van der Waals surface area contributed by atoms with Gasteiger partial charge in [0, 0.05) is 37.6 Å². The number of hydrogen-bond donors (Lipinski definition) is 0. The molecule has 4 rings (SSSR count). The molecule has 1 atom stereocenters. The SMILES string of the molecule is COc1cc(C(=O)C(=O)N2CCCC2COC(=O)N(CCCc2ccccc2)CCCc2cccnc2)cc(OC)c1OC. The van der Waals surface area contributed by atoms with E-state index in [-0.39, 0.29) is 29.7 Å². The van der Waals surface area contributed by atoms with Crippen LogP contribution in [-0.4, -0.2) is 86.2 Å². The predicted octanol–water partition coefficient (Wildman–Crippen LogP) is 4.99. The molecule has 0 spiro atoms. The number of ketones is 1. The maximum atomic E-state index is 13.3. The third kappa shape index (κ3) is 8.49. The fraction of sp³-hybridized carbons (Fsp3) is 0.412. The van der Waals surface area contributed by atoms with Gasteiger partial charge in [0.05, 0.1) is 27.4 Å². The lowest BCUT2D eigenvalue weighted by Gasteiger charge is -2.26. The number of ether oxygens (including phenoxy) is 4. The summed E-state index contributed by atoms with van der Waals surface area (Å²) in [6, 6.07) is 16.6. The highest BCUT2D eigenvalue weighted by Gasteiger charge is 2.35. The topological polar surface area (TPSA) is 108 Å². The van der Waals surface area contributed by atoms with E-state index in [1.165, 1.54) is 43.9 Å². The number of Topliss-reactive ketones (excluding diaryl/α,β-unsaturated/α-hetero) is 1. The first kappa shape index (κ1) is 32.3. The minimum atomic E-state index is -0.694. The molecule has 2 heterocycles. The van der Waals surface area contributed by atoms with Crippen molar-refractivity contribution in [3.63, 3.8) is 0 Å². The van der Waals surface area contributed by atoms with Gasteiger partial charge in [0.1, 0.15) is 6.61 Å². The normalized spacial score (nSPS) is 14.2. The van der Waals surface area contributed by atoms with E-state index in [1.54, 1.807) is 11.1 Å². The molecule has 44 heavy (non-hydrogen) atoms. The first-order valence-electron chi connectivity index (χ1n) is 14.9. The minimum absolute atomic E-state index is 0.0187. The fourth-order valence-corrected chi connectivity index (χ4v) is 5.43. The third-order valence-corrected chi connectivity index (χ3v) is 7.77. The number of likely N-dealkylation sites (tertiary alicyclic amines) is 1. The molecule has 0 saturated carbocycles. The standard InChI is InChI=1S/C34H41N3O7/c1-41-29-21-27(22-30(42-2)32(29)43-3)31(38)33(39)37-20-10-16-28(37)24-44-34(40)36(18-8-14-25-11-5-4-6-12-25)19-9-15-26-13-7-17-35-23-26/h4-7,11-13,17,21-23,28H,8-10,14-16,18-20,24H2,1-3H3. The van der Waals surface area contributed by atoms with E-state index in [0.717, 1.165) is 31.2 Å². The Morgan fingerprint density at radius 2 is 1.55 bits per heavy atom. The van der Waals surface area contributed by atoms with Crippen LogP contribution in [0.25, 0.3) is 0 Å². The summed E-state index contributed by atoms with van der Waals surface area (Å²) in [6.07, 6.45) is 7.71. The molecule has 234 valence electrons. The molecule has 1 saturated heterocycles. The lowest BCUT2D eigenvalue weighted by Crippen LogP contribution is -2.43. The number of carbonyl (C=O) groups excluding carboxylic acids is 3. The zero-order chi connectivity index (χ0) is 31.3. The Bertz CT molecular complexity index is 1310. The summed E-state index contributed by atoms with van der Waals surface area (Å²) < 4.78 is 21.8. The maximum absolute atomic E-state index is 13.3. The average Bonchev–Trinajstić information content (AvgIpc) is 3.54. The Hall–Kier alpha value is -4.60. The maximum Gasteiger partial charge on any atom is 0.409 e. The van der Waals surface area contributed by atoms with Crippen molar-refractivity contribution in [3.8, 4) is 17.2 Å². The van der Waals surface area contributed by atoms with Crippen molar-refractivity contribution < 1.29 is 33.3 Å². The number of aryl methyl sites for hydroxylation is 2. The van der Waals surface area contributed by atoms with E-state index >= 15 is 0 Å². The molecule has 10 heteroatoms. The molecule has 1 unspecified atom stereocenters. The van der Waals surface area contributed by atoms with Gasteiger partial charge in [0.15, 0.2) is 11.5 Å². The number of rotatable bonds is 15. The molecule has 1 aliphatic heterocycles. The van der Waals surface area contributed by atoms with Gasteiger partial charge in [-0.25, -0.2) is 4.79 Å². The molecule has 1 aliphatic rings. The smallest absolute Gasteiger partial charge is 0.409 e. The summed E-state index contributed by atoms with van der Waals surface area (Å²) in [6.45, 7) is 1.51. The molecule has 0 radical (unpaired) electrons. The van der Waals surface area contributed by atoms with Gasteiger partial charge in [0.25, 0.3) is 11.7 Å². The van der Waals surface area contributed by atoms with Crippen LogP contribution in [0.5, 0.6) is 17.2 Å². The molecular formula is C34H41N3O7. The summed E-state index contributed by atoms with van der Waals surface area (Å²) >= 11 is 0. The van der Waals surface area contributed by atoms with Gasteiger partial charge >= 0.3 is 6.09 Å². The Morgan fingerprint density at radius 3 is 2.16 bits per heavy atom. The Morgan fingerprint density at radius 1 is 0.886 bits per heavy atom. The Balaban J connectivity index is 1.37. The van der Waals surface area contributed by atoms with E-state index in [0.29, 0.717) is 38.2 Å². The summed E-state index contributed by atoms with van der Waals surface area (Å²) in [4.78, 5) is 47.3. The predicted molar refractivity (Wildman–Crippen MR) is 165 cm³/mol. The van der Waals surface area contributed by atoms with Gasteiger partial charge in [-0.15, -0.1) is 0 Å². The highest BCUT2D eigenvalue weighted by Crippen LogP contribution is 2.38. The second-order valence-electron chi connectivity index (χ2n) is 10.7. The van der Waals surface area contributed by atoms with E-state index < -0.39 is 17.8 Å². The van der Waals surface area contributed by atoms with Gasteiger partial charge in [-0.3, -0.25) is 14.6 Å². The monoisotopic (exact) mass is 603 g/mol. The highest BCUT2D eigenvalue weighted by molar-refractivity contribution is 6.43. The van der Waals surface area contributed by atoms with Gasteiger partial charge in [-0.05, 0) is 67.9 Å². The van der Waals surface area contributed by atoms with E-state index in [2.05, 4.69) is 17.1 Å². The van der Waals surface area contributed by atoms with Crippen LogP contribution in [0.15, 0.2) is 67.0 Å². The van der Waals surface area contributed by atoms with Crippen molar-refractivity contribution in [2.24, 2.45) is 0 Å². The van der Waals surface area contributed by atoms with E-state index in [4.69, 9.17) is 18.9 Å². The Labute approximate surface area is 258 Å². The van der Waals surface area contributed by atoms with Crippen LogP contribution in [0, 0.1) is 0 Å². The molecular weight excluding hydrogens is 562 g/mol. The van der Waals surface area contributed by atoms with Crippen LogP contribution in [0.2, 0.25) is 0 Å². The van der Waals surface area contributed by atoms with Crippen molar-refractivity contribution >= 4 is 17.8 Å². The second kappa shape index (κ2) is 16.3. The van der Waals surface area contributed by atoms with Crippen molar-refractivity contribution in [2.45, 2.75) is 44.6 Å². The summed E-state index contributed by atoms with van der Waals surface area (Å²) in [7, 11) is 4.36. The summed E-state index contributed by atoms with van der Waals surface area (Å²) in [5.74, 6) is -0.454. The number of nitrogens with zero attached hydrogens (tertiary/aromatic N) is 3. The molecule has 10 nitrogen and oxygen atoms in total. The lowest BCUT2D eigenvalue weighted by atomic mass is 10.1. The highest BCUT2D eigenvalue weighted by atomic mass is 16.6. The first-order valence-corrected chi connectivity index (χ1v) is 14.9. The summed E-state index contributed by atoms with van der Waals surface area (Å²) in [5.41, 5.74) is 2.46. The zero-order valence-corrected chi connectivity index (χ0v) is 25.7. The second-order valence-corrected chi connectivity index (χ2v) is 10.7. The number of methoxy groups -OCH3 is 3. The average molecular weight is 604 g/mol. The molecule has 1 aromatic heterocycles. The summed E-state index contributed by atoms with van der Waals surface area (Å²) in [5, 5.41) is 0. The molecule has 3 aromatic rings. The molecule has 1 fully saturated rings. The number of hydrogen-bond acceptors (Lipinski definition) is 8. The van der Waals surface area contributed by atoms with Gasteiger partial charge in [-0.2, -0.15) is 0 Å². The number of amides is 2. The van der Waals surface area contributed by atoms with Gasteiger partial charge in [0.2, 0.25) is 5.75 Å². The van der Waals surface area contributed by atoms with Crippen molar-refractivity contribution in [1.82, 2.24) is 14.8 Å². The van der Waals surface area contributed by atoms with Crippen LogP contribution in [0.4, 0.5) is 4.79 Å². The van der Waals surface area contributed by atoms with Crippen molar-refractivity contribution in [1.29, 1.82) is 0 Å². The zero-order valence-electron chi connectivity index (χ0n) is 25.7. The number of pyridine rings is 1.